The summed E-state index contributed by atoms with van der Waals surface area (Å²) in [6.45, 7) is 6.02. The van der Waals surface area contributed by atoms with Crippen molar-refractivity contribution >= 4 is 5.91 Å². The van der Waals surface area contributed by atoms with Gasteiger partial charge in [-0.2, -0.15) is 0 Å². The highest BCUT2D eigenvalue weighted by Gasteiger charge is 2.13. The summed E-state index contributed by atoms with van der Waals surface area (Å²) in [5, 5.41) is 2.93. The fourth-order valence-corrected chi connectivity index (χ4v) is 2.03. The van der Waals surface area contributed by atoms with Crippen molar-refractivity contribution in [3.8, 4) is 0 Å². The lowest BCUT2D eigenvalue weighted by molar-refractivity contribution is 0.0941. The predicted molar refractivity (Wildman–Crippen MR) is 71.5 cm³/mol. The molecule has 4 nitrogen and oxygen atoms in total. The normalized spacial score (nSPS) is 17.6. The highest BCUT2D eigenvalue weighted by atomic mass is 16.1. The Morgan fingerprint density at radius 2 is 2.11 bits per heavy atom. The van der Waals surface area contributed by atoms with Gasteiger partial charge in [-0.05, 0) is 19.2 Å². The second-order valence-corrected chi connectivity index (χ2v) is 4.68. The number of hydrogen-bond donors (Lipinski definition) is 1. The van der Waals surface area contributed by atoms with E-state index in [1.807, 2.05) is 12.1 Å². The first-order valence-corrected chi connectivity index (χ1v) is 6.41. The number of carbonyl (C=O) groups is 1. The van der Waals surface area contributed by atoms with Crippen LogP contribution in [-0.2, 0) is 0 Å². The Bertz CT molecular complexity index is 372. The number of benzene rings is 1. The summed E-state index contributed by atoms with van der Waals surface area (Å²) in [6, 6.07) is 10.2. The topological polar surface area (TPSA) is 35.6 Å². The Labute approximate surface area is 109 Å². The van der Waals surface area contributed by atoms with Crippen LogP contribution in [0.15, 0.2) is 24.3 Å². The Morgan fingerprint density at radius 3 is 2.78 bits per heavy atom. The molecule has 97 valence electrons. The maximum Gasteiger partial charge on any atom is 0.251 e. The highest BCUT2D eigenvalue weighted by molar-refractivity contribution is 5.93. The first-order chi connectivity index (χ1) is 8.75. The number of nitrogens with one attached hydrogen (secondary N) is 1. The lowest BCUT2D eigenvalue weighted by Gasteiger charge is -2.32. The van der Waals surface area contributed by atoms with E-state index in [1.54, 1.807) is 12.1 Å². The third-order valence-electron chi connectivity index (χ3n) is 3.26. The van der Waals surface area contributed by atoms with E-state index in [2.05, 4.69) is 28.2 Å². The molecule has 4 heteroatoms. The lowest BCUT2D eigenvalue weighted by Crippen LogP contribution is -2.46. The van der Waals surface area contributed by atoms with Crippen LogP contribution in [0.25, 0.3) is 0 Å². The molecule has 1 fully saturated rings. The maximum absolute atomic E-state index is 11.8. The Kier molecular flexibility index (Phi) is 4.73. The van der Waals surface area contributed by atoms with Crippen molar-refractivity contribution in [2.45, 2.75) is 0 Å². The molecule has 1 N–H and O–H groups in total. The zero-order chi connectivity index (χ0) is 12.8. The van der Waals surface area contributed by atoms with Crippen molar-refractivity contribution in [2.24, 2.45) is 0 Å². The van der Waals surface area contributed by atoms with Gasteiger partial charge in [0, 0.05) is 44.8 Å². The van der Waals surface area contributed by atoms with Crippen LogP contribution in [0.3, 0.4) is 0 Å². The molecule has 0 aromatic heterocycles. The van der Waals surface area contributed by atoms with Crippen molar-refractivity contribution in [3.63, 3.8) is 0 Å². The molecule has 2 rings (SSSR count). The number of amides is 1. The van der Waals surface area contributed by atoms with Crippen LogP contribution in [-0.4, -0.2) is 62.0 Å². The SMILES string of the molecule is CN1CCN(CCNC(=O)c2[c]cccc2)CC1. The largest absolute Gasteiger partial charge is 0.351 e. The van der Waals surface area contributed by atoms with E-state index in [4.69, 9.17) is 0 Å². The zero-order valence-corrected chi connectivity index (χ0v) is 10.9. The number of hydrogen-bond acceptors (Lipinski definition) is 3. The van der Waals surface area contributed by atoms with Gasteiger partial charge in [-0.1, -0.05) is 18.2 Å². The second-order valence-electron chi connectivity index (χ2n) is 4.68. The summed E-state index contributed by atoms with van der Waals surface area (Å²) in [6.07, 6.45) is 0. The molecule has 1 aromatic carbocycles. The monoisotopic (exact) mass is 246 g/mol. The van der Waals surface area contributed by atoms with Gasteiger partial charge in [0.15, 0.2) is 0 Å². The number of piperazine rings is 1. The second kappa shape index (κ2) is 6.52. The fourth-order valence-electron chi connectivity index (χ4n) is 2.03. The van der Waals surface area contributed by atoms with E-state index in [1.165, 1.54) is 0 Å². The van der Waals surface area contributed by atoms with Gasteiger partial charge in [0.25, 0.3) is 5.91 Å². The molecule has 0 spiro atoms. The molecule has 1 aliphatic heterocycles. The molecular weight excluding hydrogens is 226 g/mol. The Balaban J connectivity index is 1.68. The predicted octanol–water partition coefficient (Wildman–Crippen LogP) is 0.464. The minimum atomic E-state index is -0.0373. The minimum Gasteiger partial charge on any atom is -0.351 e. The van der Waals surface area contributed by atoms with Crippen LogP contribution >= 0.6 is 0 Å². The van der Waals surface area contributed by atoms with E-state index < -0.39 is 0 Å². The smallest absolute Gasteiger partial charge is 0.251 e. The van der Waals surface area contributed by atoms with Crippen molar-refractivity contribution in [1.82, 2.24) is 15.1 Å². The summed E-state index contributed by atoms with van der Waals surface area (Å²) in [7, 11) is 2.14. The summed E-state index contributed by atoms with van der Waals surface area (Å²) in [4.78, 5) is 16.5. The summed E-state index contributed by atoms with van der Waals surface area (Å²) in [5.74, 6) is -0.0373. The van der Waals surface area contributed by atoms with Gasteiger partial charge in [-0.15, -0.1) is 0 Å². The molecule has 1 saturated heterocycles. The fraction of sp³-hybridized carbons (Fsp3) is 0.500. The number of nitrogens with zero attached hydrogens (tertiary/aromatic N) is 2. The summed E-state index contributed by atoms with van der Waals surface area (Å²) in [5.41, 5.74) is 0.607. The minimum absolute atomic E-state index is 0.0373. The van der Waals surface area contributed by atoms with E-state index >= 15 is 0 Å². The molecule has 0 unspecified atom stereocenters. The van der Waals surface area contributed by atoms with Gasteiger partial charge in [0.2, 0.25) is 0 Å². The molecule has 0 saturated carbocycles. The van der Waals surface area contributed by atoms with Crippen LogP contribution in [0.2, 0.25) is 0 Å². The van der Waals surface area contributed by atoms with E-state index in [-0.39, 0.29) is 5.91 Å². The Hall–Kier alpha value is -1.39. The van der Waals surface area contributed by atoms with Crippen LogP contribution in [0.4, 0.5) is 0 Å². The maximum atomic E-state index is 11.8. The van der Waals surface area contributed by atoms with Crippen molar-refractivity contribution in [1.29, 1.82) is 0 Å². The molecule has 0 bridgehead atoms. The number of carbonyl (C=O) groups excluding carboxylic acids is 1. The van der Waals surface area contributed by atoms with E-state index in [0.717, 1.165) is 32.7 Å². The molecular formula is C14H20N3O. The van der Waals surface area contributed by atoms with Gasteiger partial charge in [-0.3, -0.25) is 9.69 Å². The molecule has 0 aliphatic carbocycles. The van der Waals surface area contributed by atoms with Crippen molar-refractivity contribution in [3.05, 3.63) is 35.9 Å². The number of likely N-dealkylation sites (N-methyl/N-ethyl adjacent to an activating group) is 1. The van der Waals surface area contributed by atoms with Crippen LogP contribution in [0, 0.1) is 6.07 Å². The number of rotatable bonds is 4. The summed E-state index contributed by atoms with van der Waals surface area (Å²) < 4.78 is 0. The molecule has 1 aromatic rings. The van der Waals surface area contributed by atoms with Crippen LogP contribution in [0.5, 0.6) is 0 Å². The molecule has 1 amide bonds. The van der Waals surface area contributed by atoms with Crippen LogP contribution in [0.1, 0.15) is 10.4 Å². The molecule has 18 heavy (non-hydrogen) atoms. The average Bonchev–Trinajstić information content (AvgIpc) is 2.42. The van der Waals surface area contributed by atoms with Gasteiger partial charge >= 0.3 is 0 Å². The third kappa shape index (κ3) is 3.82. The molecule has 1 heterocycles. The summed E-state index contributed by atoms with van der Waals surface area (Å²) >= 11 is 0. The first-order valence-electron chi connectivity index (χ1n) is 6.41. The van der Waals surface area contributed by atoms with Gasteiger partial charge in [0.1, 0.15) is 0 Å². The molecule has 1 radical (unpaired) electrons. The average molecular weight is 246 g/mol. The molecule has 1 aliphatic rings. The zero-order valence-electron chi connectivity index (χ0n) is 10.9. The Morgan fingerprint density at radius 1 is 1.33 bits per heavy atom. The standard InChI is InChI=1S/C14H20N3O/c1-16-9-11-17(12-10-16)8-7-15-14(18)13-5-3-2-4-6-13/h2-5H,7-12H2,1H3,(H,15,18). The van der Waals surface area contributed by atoms with Gasteiger partial charge in [-0.25, -0.2) is 0 Å². The molecule has 0 atom stereocenters. The quantitative estimate of drug-likeness (QED) is 0.838. The third-order valence-corrected chi connectivity index (χ3v) is 3.26. The van der Waals surface area contributed by atoms with E-state index in [9.17, 15) is 4.79 Å². The van der Waals surface area contributed by atoms with Crippen LogP contribution < -0.4 is 5.32 Å². The van der Waals surface area contributed by atoms with Gasteiger partial charge in [0.05, 0.1) is 0 Å². The first kappa shape index (κ1) is 13.1. The lowest BCUT2D eigenvalue weighted by atomic mass is 10.2. The van der Waals surface area contributed by atoms with Gasteiger partial charge < -0.3 is 10.2 Å². The highest BCUT2D eigenvalue weighted by Crippen LogP contribution is 1.99. The van der Waals surface area contributed by atoms with Crippen molar-refractivity contribution < 1.29 is 4.79 Å². The van der Waals surface area contributed by atoms with E-state index in [0.29, 0.717) is 12.1 Å². The van der Waals surface area contributed by atoms with Crippen molar-refractivity contribution in [2.75, 3.05) is 46.3 Å².